The molecule has 3 rings (SSSR count). The monoisotopic (exact) mass is 309 g/mol. The first kappa shape index (κ1) is 15.6. The first-order valence-electron chi connectivity index (χ1n) is 8.07. The Morgan fingerprint density at radius 3 is 2.61 bits per heavy atom. The summed E-state index contributed by atoms with van der Waals surface area (Å²) in [5.41, 5.74) is 10.7. The molecule has 1 atom stereocenters. The number of carbonyl (C=O) groups is 1. The van der Waals surface area contributed by atoms with Crippen LogP contribution in [0.2, 0.25) is 0 Å². The minimum absolute atomic E-state index is 0.122. The Morgan fingerprint density at radius 1 is 1.17 bits per heavy atom. The summed E-state index contributed by atoms with van der Waals surface area (Å²) in [4.78, 5) is 13.9. The average molecular weight is 309 g/mol. The first-order chi connectivity index (χ1) is 11.1. The molecule has 0 aliphatic carbocycles. The smallest absolute Gasteiger partial charge is 0.236 e. The van der Waals surface area contributed by atoms with Gasteiger partial charge in [0.25, 0.3) is 0 Å². The molecular weight excluding hydrogens is 286 g/mol. The molecule has 0 bridgehead atoms. The van der Waals surface area contributed by atoms with Crippen LogP contribution in [-0.2, 0) is 24.3 Å². The van der Waals surface area contributed by atoms with Crippen LogP contribution in [0.15, 0.2) is 48.5 Å². The Hall–Kier alpha value is -2.33. The summed E-state index contributed by atoms with van der Waals surface area (Å²) in [6, 6.07) is 16.5. The second-order valence-corrected chi connectivity index (χ2v) is 6.12. The maximum Gasteiger partial charge on any atom is 0.236 e. The molecule has 3 N–H and O–H groups in total. The zero-order valence-corrected chi connectivity index (χ0v) is 13.5. The van der Waals surface area contributed by atoms with Gasteiger partial charge in [0.2, 0.25) is 5.91 Å². The number of benzene rings is 2. The van der Waals surface area contributed by atoms with E-state index in [-0.39, 0.29) is 5.91 Å². The van der Waals surface area contributed by atoms with Gasteiger partial charge in [0.05, 0.1) is 6.04 Å². The van der Waals surface area contributed by atoms with Crippen molar-refractivity contribution >= 4 is 11.6 Å². The number of nitrogens with zero attached hydrogens (tertiary/aromatic N) is 1. The summed E-state index contributed by atoms with van der Waals surface area (Å²) < 4.78 is 0. The van der Waals surface area contributed by atoms with E-state index in [1.54, 1.807) is 6.92 Å². The molecule has 1 heterocycles. The summed E-state index contributed by atoms with van der Waals surface area (Å²) in [5, 5.41) is 2.83. The third-order valence-electron chi connectivity index (χ3n) is 4.26. The van der Waals surface area contributed by atoms with Gasteiger partial charge in [0, 0.05) is 25.3 Å². The zero-order chi connectivity index (χ0) is 16.2. The molecule has 0 spiro atoms. The third-order valence-corrected chi connectivity index (χ3v) is 4.26. The molecule has 0 fully saturated rings. The highest BCUT2D eigenvalue weighted by atomic mass is 16.2. The van der Waals surface area contributed by atoms with Gasteiger partial charge in [-0.3, -0.25) is 4.79 Å². The van der Waals surface area contributed by atoms with Crippen molar-refractivity contribution < 1.29 is 4.79 Å². The Balaban J connectivity index is 1.59. The number of hydrogen-bond acceptors (Lipinski definition) is 3. The van der Waals surface area contributed by atoms with Crippen LogP contribution in [0.1, 0.15) is 23.6 Å². The van der Waals surface area contributed by atoms with Gasteiger partial charge in [0.15, 0.2) is 0 Å². The fourth-order valence-electron chi connectivity index (χ4n) is 2.90. The Labute approximate surface area is 137 Å². The highest BCUT2D eigenvalue weighted by molar-refractivity contribution is 5.80. The number of nitrogens with one attached hydrogen (secondary N) is 1. The number of nitrogens with two attached hydrogens (primary N) is 1. The van der Waals surface area contributed by atoms with E-state index < -0.39 is 6.04 Å². The number of anilines is 1. The highest BCUT2D eigenvalue weighted by Crippen LogP contribution is 2.28. The van der Waals surface area contributed by atoms with E-state index in [0.29, 0.717) is 6.54 Å². The van der Waals surface area contributed by atoms with Crippen molar-refractivity contribution in [2.75, 3.05) is 11.4 Å². The van der Waals surface area contributed by atoms with Gasteiger partial charge in [-0.05, 0) is 36.1 Å². The normalized spacial score (nSPS) is 14.4. The molecule has 0 unspecified atom stereocenters. The Kier molecular flexibility index (Phi) is 4.63. The van der Waals surface area contributed by atoms with Crippen molar-refractivity contribution in [3.05, 3.63) is 65.2 Å². The molecule has 1 aliphatic heterocycles. The van der Waals surface area contributed by atoms with Gasteiger partial charge >= 0.3 is 0 Å². The highest BCUT2D eigenvalue weighted by Gasteiger charge is 2.18. The van der Waals surface area contributed by atoms with Crippen LogP contribution in [0.3, 0.4) is 0 Å². The predicted molar refractivity (Wildman–Crippen MR) is 93.1 cm³/mol. The molecule has 23 heavy (non-hydrogen) atoms. The fourth-order valence-corrected chi connectivity index (χ4v) is 2.90. The number of para-hydroxylation sites is 1. The number of hydrogen-bond donors (Lipinski definition) is 2. The molecule has 0 aromatic heterocycles. The molecule has 2 aromatic rings. The number of fused-ring (bicyclic) bond motifs is 1. The Bertz CT molecular complexity index is 679. The maximum atomic E-state index is 11.5. The maximum absolute atomic E-state index is 11.5. The fraction of sp³-hybridized carbons (Fsp3) is 0.316. The van der Waals surface area contributed by atoms with Crippen LogP contribution in [0, 0.1) is 0 Å². The molecule has 120 valence electrons. The summed E-state index contributed by atoms with van der Waals surface area (Å²) in [7, 11) is 0. The van der Waals surface area contributed by atoms with Crippen molar-refractivity contribution in [3.8, 4) is 0 Å². The lowest BCUT2D eigenvalue weighted by atomic mass is 10.1. The summed E-state index contributed by atoms with van der Waals surface area (Å²) in [6.45, 7) is 4.20. The first-order valence-corrected chi connectivity index (χ1v) is 8.07. The van der Waals surface area contributed by atoms with Crippen LogP contribution < -0.4 is 16.0 Å². The van der Waals surface area contributed by atoms with Crippen molar-refractivity contribution in [1.29, 1.82) is 0 Å². The molecular formula is C19H23N3O. The predicted octanol–water partition coefficient (Wildman–Crippen LogP) is 2.21. The molecule has 1 aliphatic rings. The van der Waals surface area contributed by atoms with Crippen LogP contribution >= 0.6 is 0 Å². The molecule has 4 nitrogen and oxygen atoms in total. The van der Waals surface area contributed by atoms with Crippen molar-refractivity contribution in [2.24, 2.45) is 5.73 Å². The standard InChI is InChI=1S/C19H23N3O/c1-14(20)19(23)21-12-15-6-8-16(9-7-15)13-22-11-10-17-4-2-3-5-18(17)22/h2-9,14H,10-13,20H2,1H3,(H,21,23)/t14-/m1/s1. The number of amides is 1. The van der Waals surface area contributed by atoms with E-state index in [0.717, 1.165) is 25.1 Å². The van der Waals surface area contributed by atoms with Gasteiger partial charge in [-0.2, -0.15) is 0 Å². The summed E-state index contributed by atoms with van der Waals surface area (Å²) in [6.07, 6.45) is 1.12. The lowest BCUT2D eigenvalue weighted by molar-refractivity contribution is -0.122. The van der Waals surface area contributed by atoms with Crippen LogP contribution in [0.5, 0.6) is 0 Å². The number of carbonyl (C=O) groups excluding carboxylic acids is 1. The van der Waals surface area contributed by atoms with E-state index in [2.05, 4.69) is 58.7 Å². The van der Waals surface area contributed by atoms with Crippen molar-refractivity contribution in [3.63, 3.8) is 0 Å². The minimum Gasteiger partial charge on any atom is -0.367 e. The van der Waals surface area contributed by atoms with Crippen molar-refractivity contribution in [2.45, 2.75) is 32.5 Å². The van der Waals surface area contributed by atoms with Crippen LogP contribution in [0.25, 0.3) is 0 Å². The topological polar surface area (TPSA) is 58.4 Å². The SMILES string of the molecule is C[C@@H](N)C(=O)NCc1ccc(CN2CCc3ccccc32)cc1. The van der Waals surface area contributed by atoms with Gasteiger partial charge in [-0.1, -0.05) is 42.5 Å². The second kappa shape index (κ2) is 6.84. The molecule has 0 saturated heterocycles. The lowest BCUT2D eigenvalue weighted by Crippen LogP contribution is -2.37. The average Bonchev–Trinajstić information content (AvgIpc) is 2.97. The molecule has 1 amide bonds. The number of rotatable bonds is 5. The minimum atomic E-state index is -0.468. The van der Waals surface area contributed by atoms with Crippen molar-refractivity contribution in [1.82, 2.24) is 5.32 Å². The second-order valence-electron chi connectivity index (χ2n) is 6.12. The van der Waals surface area contributed by atoms with E-state index in [4.69, 9.17) is 5.73 Å². The molecule has 0 saturated carbocycles. The van der Waals surface area contributed by atoms with Gasteiger partial charge < -0.3 is 16.0 Å². The summed E-state index contributed by atoms with van der Waals surface area (Å²) in [5.74, 6) is -0.122. The van der Waals surface area contributed by atoms with Gasteiger partial charge in [-0.25, -0.2) is 0 Å². The van der Waals surface area contributed by atoms with E-state index >= 15 is 0 Å². The van der Waals surface area contributed by atoms with Crippen LogP contribution in [-0.4, -0.2) is 18.5 Å². The molecule has 4 heteroatoms. The van der Waals surface area contributed by atoms with Gasteiger partial charge in [-0.15, -0.1) is 0 Å². The third kappa shape index (κ3) is 3.71. The summed E-state index contributed by atoms with van der Waals surface area (Å²) >= 11 is 0. The largest absolute Gasteiger partial charge is 0.367 e. The van der Waals surface area contributed by atoms with E-state index in [1.165, 1.54) is 16.8 Å². The Morgan fingerprint density at radius 2 is 1.87 bits per heavy atom. The quantitative estimate of drug-likeness (QED) is 0.890. The lowest BCUT2D eigenvalue weighted by Gasteiger charge is -2.19. The van der Waals surface area contributed by atoms with E-state index in [9.17, 15) is 4.79 Å². The van der Waals surface area contributed by atoms with Crippen LogP contribution in [0.4, 0.5) is 5.69 Å². The van der Waals surface area contributed by atoms with Gasteiger partial charge in [0.1, 0.15) is 0 Å². The molecule has 2 aromatic carbocycles. The van der Waals surface area contributed by atoms with E-state index in [1.807, 2.05) is 0 Å². The molecule has 0 radical (unpaired) electrons. The zero-order valence-electron chi connectivity index (χ0n) is 13.5.